The van der Waals surface area contributed by atoms with E-state index in [0.717, 1.165) is 25.6 Å². The molecule has 200 valence electrons. The number of carboxylic acids is 2. The number of rotatable bonds is 3. The van der Waals surface area contributed by atoms with Crippen molar-refractivity contribution >= 4 is 23.3 Å². The third kappa shape index (κ3) is 9.54. The summed E-state index contributed by atoms with van der Waals surface area (Å²) < 4.78 is 69.7. The van der Waals surface area contributed by atoms with Crippen molar-refractivity contribution in [1.29, 1.82) is 0 Å². The smallest absolute Gasteiger partial charge is 0.475 e. The Balaban J connectivity index is 0.000000257. The van der Waals surface area contributed by atoms with E-state index in [1.165, 1.54) is 50.3 Å². The second-order valence-electron chi connectivity index (χ2n) is 8.27. The molecule has 8 nitrogen and oxygen atoms in total. The van der Waals surface area contributed by atoms with Crippen LogP contribution in [0.1, 0.15) is 30.7 Å². The predicted molar refractivity (Wildman–Crippen MR) is 112 cm³/mol. The van der Waals surface area contributed by atoms with E-state index in [-0.39, 0.29) is 0 Å². The first-order valence-electron chi connectivity index (χ1n) is 10.9. The quantitative estimate of drug-likeness (QED) is 0.568. The number of piperidine rings is 1. The SMILES string of the molecule is O=C(O)C(F)(F)F.O=C(O)C(F)(F)F.c1csc(CN2C[C@@H]3CCCO[C@@H]3[C@H](N3CCCC3)C2)n1. The number of nitrogens with zero attached hydrogens (tertiary/aromatic N) is 3. The maximum Gasteiger partial charge on any atom is 0.490 e. The van der Waals surface area contributed by atoms with E-state index in [1.54, 1.807) is 11.3 Å². The minimum atomic E-state index is -5.08. The van der Waals surface area contributed by atoms with Gasteiger partial charge >= 0.3 is 24.3 Å². The summed E-state index contributed by atoms with van der Waals surface area (Å²) in [6.45, 7) is 6.86. The maximum atomic E-state index is 10.6. The standard InChI is InChI=1S/C16H25N3OS.2C2HF3O2/c1-2-7-19(6-1)14-11-18(12-15-17-5-9-21-15)10-13-4-3-8-20-16(13)14;2*3-2(4,5)1(6)7/h5,9,13-14,16H,1-4,6-8,10-12H2;2*(H,6,7)/t13-,14+,16-;;/m0../s1. The zero-order valence-electron chi connectivity index (χ0n) is 18.6. The number of aromatic nitrogens is 1. The molecule has 3 aliphatic heterocycles. The van der Waals surface area contributed by atoms with Gasteiger partial charge in [-0.15, -0.1) is 11.3 Å². The molecule has 0 aromatic carbocycles. The van der Waals surface area contributed by atoms with Crippen molar-refractivity contribution < 1.29 is 50.9 Å². The van der Waals surface area contributed by atoms with Crippen LogP contribution in [-0.2, 0) is 20.9 Å². The van der Waals surface area contributed by atoms with Crippen LogP contribution in [0.4, 0.5) is 26.3 Å². The molecule has 3 aliphatic rings. The number of halogens is 6. The van der Waals surface area contributed by atoms with Crippen LogP contribution in [0.3, 0.4) is 0 Å². The molecule has 2 N–H and O–H groups in total. The first-order chi connectivity index (χ1) is 16.3. The van der Waals surface area contributed by atoms with E-state index in [1.807, 2.05) is 6.20 Å². The minimum absolute atomic E-state index is 0.476. The van der Waals surface area contributed by atoms with Crippen LogP contribution in [0.5, 0.6) is 0 Å². The van der Waals surface area contributed by atoms with Crippen molar-refractivity contribution in [2.45, 2.75) is 56.7 Å². The van der Waals surface area contributed by atoms with E-state index in [2.05, 4.69) is 20.2 Å². The van der Waals surface area contributed by atoms with Gasteiger partial charge in [0.2, 0.25) is 0 Å². The number of fused-ring (bicyclic) bond motifs is 1. The molecular formula is C20H27F6N3O5S. The molecule has 1 aromatic heterocycles. The van der Waals surface area contributed by atoms with Gasteiger partial charge < -0.3 is 14.9 Å². The highest BCUT2D eigenvalue weighted by Gasteiger charge is 2.42. The zero-order chi connectivity index (χ0) is 26.2. The Morgan fingerprint density at radius 3 is 2.09 bits per heavy atom. The number of carboxylic acid groups (broad SMARTS) is 2. The molecule has 0 unspecified atom stereocenters. The zero-order valence-corrected chi connectivity index (χ0v) is 19.4. The Labute approximate surface area is 201 Å². The van der Waals surface area contributed by atoms with Crippen molar-refractivity contribution in [1.82, 2.24) is 14.8 Å². The molecule has 0 aliphatic carbocycles. The number of likely N-dealkylation sites (tertiary alicyclic amines) is 2. The third-order valence-corrected chi connectivity index (χ3v) is 6.51. The molecule has 4 heterocycles. The van der Waals surface area contributed by atoms with Crippen LogP contribution in [0.2, 0.25) is 0 Å². The van der Waals surface area contributed by atoms with Gasteiger partial charge in [0.15, 0.2) is 0 Å². The normalized spacial score (nSPS) is 25.5. The summed E-state index contributed by atoms with van der Waals surface area (Å²) in [6, 6.07) is 0.603. The van der Waals surface area contributed by atoms with E-state index < -0.39 is 24.3 Å². The van der Waals surface area contributed by atoms with Crippen LogP contribution in [0, 0.1) is 5.92 Å². The molecule has 0 bridgehead atoms. The van der Waals surface area contributed by atoms with Crippen LogP contribution in [0.15, 0.2) is 11.6 Å². The Bertz CT molecular complexity index is 778. The second-order valence-corrected chi connectivity index (χ2v) is 9.25. The molecule has 3 fully saturated rings. The monoisotopic (exact) mass is 535 g/mol. The van der Waals surface area contributed by atoms with E-state index in [9.17, 15) is 26.3 Å². The Morgan fingerprint density at radius 1 is 1.03 bits per heavy atom. The van der Waals surface area contributed by atoms with Gasteiger partial charge in [-0.2, -0.15) is 26.3 Å². The van der Waals surface area contributed by atoms with E-state index in [4.69, 9.17) is 24.5 Å². The first kappa shape index (κ1) is 29.3. The summed E-state index contributed by atoms with van der Waals surface area (Å²) in [6.07, 6.45) is -2.47. The van der Waals surface area contributed by atoms with Gasteiger partial charge in [0, 0.05) is 37.3 Å². The van der Waals surface area contributed by atoms with Crippen molar-refractivity contribution in [2.75, 3.05) is 32.8 Å². The molecule has 0 saturated carbocycles. The average molecular weight is 536 g/mol. The Morgan fingerprint density at radius 2 is 1.60 bits per heavy atom. The first-order valence-corrected chi connectivity index (χ1v) is 11.7. The molecule has 15 heteroatoms. The van der Waals surface area contributed by atoms with E-state index >= 15 is 0 Å². The van der Waals surface area contributed by atoms with Gasteiger partial charge in [-0.3, -0.25) is 9.80 Å². The summed E-state index contributed by atoms with van der Waals surface area (Å²) in [5, 5.41) is 17.6. The van der Waals surface area contributed by atoms with Crippen molar-refractivity contribution in [3.05, 3.63) is 16.6 Å². The highest BCUT2D eigenvalue weighted by molar-refractivity contribution is 7.09. The second kappa shape index (κ2) is 12.8. The van der Waals surface area contributed by atoms with Gasteiger partial charge in [0.1, 0.15) is 5.01 Å². The molecule has 0 amide bonds. The van der Waals surface area contributed by atoms with Crippen molar-refractivity contribution in [3.63, 3.8) is 0 Å². The Kier molecular flexibility index (Phi) is 10.7. The highest BCUT2D eigenvalue weighted by Crippen LogP contribution is 2.33. The predicted octanol–water partition coefficient (Wildman–Crippen LogP) is 3.48. The van der Waals surface area contributed by atoms with Crippen LogP contribution < -0.4 is 0 Å². The average Bonchev–Trinajstić information content (AvgIpc) is 3.47. The van der Waals surface area contributed by atoms with Gasteiger partial charge in [-0.25, -0.2) is 14.6 Å². The van der Waals surface area contributed by atoms with Gasteiger partial charge in [0.05, 0.1) is 12.6 Å². The molecule has 0 spiro atoms. The van der Waals surface area contributed by atoms with Gasteiger partial charge in [0.25, 0.3) is 0 Å². The fourth-order valence-corrected chi connectivity index (χ4v) is 4.97. The number of thiazole rings is 1. The van der Waals surface area contributed by atoms with Gasteiger partial charge in [-0.05, 0) is 44.7 Å². The molecule has 3 atom stereocenters. The lowest BCUT2D eigenvalue weighted by Crippen LogP contribution is -2.60. The molecule has 4 rings (SSSR count). The fourth-order valence-electron chi connectivity index (χ4n) is 4.31. The minimum Gasteiger partial charge on any atom is -0.475 e. The third-order valence-electron chi connectivity index (χ3n) is 5.75. The summed E-state index contributed by atoms with van der Waals surface area (Å²) in [7, 11) is 0. The summed E-state index contributed by atoms with van der Waals surface area (Å²) in [5.41, 5.74) is 0. The molecule has 35 heavy (non-hydrogen) atoms. The van der Waals surface area contributed by atoms with E-state index in [0.29, 0.717) is 12.1 Å². The fraction of sp³-hybridized carbons (Fsp3) is 0.750. The van der Waals surface area contributed by atoms with Crippen LogP contribution in [0.25, 0.3) is 0 Å². The number of alkyl halides is 6. The van der Waals surface area contributed by atoms with Crippen molar-refractivity contribution in [2.24, 2.45) is 5.92 Å². The maximum absolute atomic E-state index is 10.6. The summed E-state index contributed by atoms with van der Waals surface area (Å²) in [4.78, 5) is 27.6. The molecule has 1 aromatic rings. The lowest BCUT2D eigenvalue weighted by molar-refractivity contribution is -0.193. The lowest BCUT2D eigenvalue weighted by Gasteiger charge is -2.48. The summed E-state index contributed by atoms with van der Waals surface area (Å²) in [5.74, 6) is -4.79. The summed E-state index contributed by atoms with van der Waals surface area (Å²) >= 11 is 1.78. The lowest BCUT2D eigenvalue weighted by atomic mass is 9.85. The number of ether oxygens (including phenoxy) is 1. The molecule has 3 saturated heterocycles. The van der Waals surface area contributed by atoms with Crippen LogP contribution >= 0.6 is 11.3 Å². The number of hydrogen-bond acceptors (Lipinski definition) is 7. The topological polar surface area (TPSA) is 103 Å². The highest BCUT2D eigenvalue weighted by atomic mass is 32.1. The van der Waals surface area contributed by atoms with Gasteiger partial charge in [-0.1, -0.05) is 0 Å². The Hall–Kier alpha value is -1.97. The largest absolute Gasteiger partial charge is 0.490 e. The number of hydrogen-bond donors (Lipinski definition) is 2. The van der Waals surface area contributed by atoms with Crippen molar-refractivity contribution in [3.8, 4) is 0 Å². The molecule has 0 radical (unpaired) electrons. The number of aliphatic carboxylic acids is 2. The number of carbonyl (C=O) groups is 2. The molecular weight excluding hydrogens is 508 g/mol. The van der Waals surface area contributed by atoms with Crippen LogP contribution in [-0.4, -0.2) is 94.2 Å².